The normalized spacial score (nSPS) is 11.5. The molecule has 0 aliphatic heterocycles. The number of fused-ring (bicyclic) bond motifs is 2. The fourth-order valence-electron chi connectivity index (χ4n) is 3.50. The maximum Gasteiger partial charge on any atom is 0.112 e. The lowest BCUT2D eigenvalue weighted by atomic mass is 10.0. The summed E-state index contributed by atoms with van der Waals surface area (Å²) in [6, 6.07) is 19.3. The van der Waals surface area contributed by atoms with Crippen LogP contribution in [0.2, 0.25) is 0 Å². The van der Waals surface area contributed by atoms with Crippen molar-refractivity contribution in [2.45, 2.75) is 26.8 Å². The first-order valence-electron chi connectivity index (χ1n) is 8.71. The zero-order valence-electron chi connectivity index (χ0n) is 14.7. The molecular weight excluding hydrogens is 308 g/mol. The average molecular weight is 330 g/mol. The third-order valence-corrected chi connectivity index (χ3v) is 4.99. The number of imidazole rings is 1. The standard InChI is InChI=1S/C22H22N2O/c1-15-12-20-21(13-16(15)2)24(22(23-20)10-11-25)14-18-8-5-7-17-6-3-4-9-19(17)18/h3-9,12-13,25H,10-11,14H2,1-2H3. The van der Waals surface area contributed by atoms with Crippen molar-refractivity contribution in [3.63, 3.8) is 0 Å². The van der Waals surface area contributed by atoms with Gasteiger partial charge in [-0.15, -0.1) is 0 Å². The van der Waals surface area contributed by atoms with Crippen molar-refractivity contribution in [2.24, 2.45) is 0 Å². The van der Waals surface area contributed by atoms with E-state index in [1.54, 1.807) is 0 Å². The van der Waals surface area contributed by atoms with Crippen molar-refractivity contribution in [3.05, 3.63) is 77.1 Å². The number of benzene rings is 3. The van der Waals surface area contributed by atoms with Gasteiger partial charge >= 0.3 is 0 Å². The summed E-state index contributed by atoms with van der Waals surface area (Å²) in [5.74, 6) is 0.940. The Labute approximate surface area is 147 Å². The zero-order chi connectivity index (χ0) is 17.4. The van der Waals surface area contributed by atoms with Gasteiger partial charge in [-0.3, -0.25) is 0 Å². The van der Waals surface area contributed by atoms with E-state index in [0.29, 0.717) is 6.42 Å². The fourth-order valence-corrected chi connectivity index (χ4v) is 3.50. The molecule has 0 unspecified atom stereocenters. The molecule has 0 saturated heterocycles. The molecule has 0 radical (unpaired) electrons. The summed E-state index contributed by atoms with van der Waals surface area (Å²) in [5, 5.41) is 12.0. The molecule has 1 heterocycles. The predicted molar refractivity (Wildman–Crippen MR) is 103 cm³/mol. The minimum atomic E-state index is 0.108. The Morgan fingerprint density at radius 3 is 2.56 bits per heavy atom. The summed E-state index contributed by atoms with van der Waals surface area (Å²) in [7, 11) is 0. The van der Waals surface area contributed by atoms with Gasteiger partial charge in [0, 0.05) is 13.0 Å². The monoisotopic (exact) mass is 330 g/mol. The molecule has 3 nitrogen and oxygen atoms in total. The molecule has 3 aromatic carbocycles. The van der Waals surface area contributed by atoms with E-state index in [1.165, 1.54) is 27.5 Å². The summed E-state index contributed by atoms with van der Waals surface area (Å²) < 4.78 is 2.25. The number of aryl methyl sites for hydroxylation is 2. The van der Waals surface area contributed by atoms with Gasteiger partial charge in [-0.25, -0.2) is 4.98 Å². The number of aromatic nitrogens is 2. The summed E-state index contributed by atoms with van der Waals surface area (Å²) >= 11 is 0. The highest BCUT2D eigenvalue weighted by molar-refractivity contribution is 5.86. The van der Waals surface area contributed by atoms with Gasteiger partial charge in [-0.1, -0.05) is 42.5 Å². The topological polar surface area (TPSA) is 38.1 Å². The Kier molecular flexibility index (Phi) is 4.02. The number of rotatable bonds is 4. The van der Waals surface area contributed by atoms with Gasteiger partial charge in [0.1, 0.15) is 5.82 Å². The fraction of sp³-hybridized carbons (Fsp3) is 0.227. The Morgan fingerprint density at radius 2 is 1.72 bits per heavy atom. The summed E-state index contributed by atoms with van der Waals surface area (Å²) in [4.78, 5) is 4.78. The largest absolute Gasteiger partial charge is 0.396 e. The highest BCUT2D eigenvalue weighted by Crippen LogP contribution is 2.25. The molecule has 1 N–H and O–H groups in total. The molecule has 0 saturated carbocycles. The van der Waals surface area contributed by atoms with Crippen LogP contribution in [0.1, 0.15) is 22.5 Å². The highest BCUT2D eigenvalue weighted by atomic mass is 16.3. The molecule has 1 aromatic heterocycles. The van der Waals surface area contributed by atoms with Crippen LogP contribution in [0.3, 0.4) is 0 Å². The first-order chi connectivity index (χ1) is 12.2. The maximum atomic E-state index is 9.46. The second-order valence-electron chi connectivity index (χ2n) is 6.65. The Morgan fingerprint density at radius 1 is 0.960 bits per heavy atom. The van der Waals surface area contributed by atoms with Gasteiger partial charge in [0.15, 0.2) is 0 Å². The van der Waals surface area contributed by atoms with E-state index in [9.17, 15) is 5.11 Å². The lowest BCUT2D eigenvalue weighted by Crippen LogP contribution is -2.07. The van der Waals surface area contributed by atoms with E-state index in [-0.39, 0.29) is 6.61 Å². The first kappa shape index (κ1) is 15.9. The smallest absolute Gasteiger partial charge is 0.112 e. The van der Waals surface area contributed by atoms with Crippen LogP contribution in [0.25, 0.3) is 21.8 Å². The van der Waals surface area contributed by atoms with Gasteiger partial charge in [0.2, 0.25) is 0 Å². The number of aliphatic hydroxyl groups is 1. The summed E-state index contributed by atoms with van der Waals surface area (Å²) in [5.41, 5.74) is 5.93. The van der Waals surface area contributed by atoms with Crippen molar-refractivity contribution in [3.8, 4) is 0 Å². The minimum absolute atomic E-state index is 0.108. The van der Waals surface area contributed by atoms with Gasteiger partial charge < -0.3 is 9.67 Å². The Hall–Kier alpha value is -2.65. The molecule has 0 spiro atoms. The Bertz CT molecular complexity index is 1060. The van der Waals surface area contributed by atoms with E-state index in [4.69, 9.17) is 4.98 Å². The van der Waals surface area contributed by atoms with Crippen LogP contribution in [-0.2, 0) is 13.0 Å². The van der Waals surface area contributed by atoms with Crippen molar-refractivity contribution in [1.29, 1.82) is 0 Å². The van der Waals surface area contributed by atoms with Gasteiger partial charge in [0.25, 0.3) is 0 Å². The zero-order valence-corrected chi connectivity index (χ0v) is 14.7. The molecule has 4 rings (SSSR count). The molecule has 0 amide bonds. The summed E-state index contributed by atoms with van der Waals surface area (Å²) in [6.07, 6.45) is 0.567. The molecule has 0 aliphatic carbocycles. The Balaban J connectivity index is 1.90. The van der Waals surface area contributed by atoms with Crippen LogP contribution in [0.4, 0.5) is 0 Å². The first-order valence-corrected chi connectivity index (χ1v) is 8.71. The van der Waals surface area contributed by atoms with Gasteiger partial charge in [-0.2, -0.15) is 0 Å². The molecule has 25 heavy (non-hydrogen) atoms. The van der Waals surface area contributed by atoms with Crippen LogP contribution in [0.15, 0.2) is 54.6 Å². The van der Waals surface area contributed by atoms with Crippen LogP contribution in [-0.4, -0.2) is 21.3 Å². The molecule has 126 valence electrons. The average Bonchev–Trinajstić information content (AvgIpc) is 2.93. The van der Waals surface area contributed by atoms with Crippen LogP contribution in [0.5, 0.6) is 0 Å². The van der Waals surface area contributed by atoms with Crippen LogP contribution in [0, 0.1) is 13.8 Å². The molecule has 0 atom stereocenters. The highest BCUT2D eigenvalue weighted by Gasteiger charge is 2.13. The third kappa shape index (κ3) is 2.81. The lowest BCUT2D eigenvalue weighted by Gasteiger charge is -2.12. The minimum Gasteiger partial charge on any atom is -0.396 e. The SMILES string of the molecule is Cc1cc2nc(CCO)n(Cc3cccc4ccccc34)c2cc1C. The van der Waals surface area contributed by atoms with E-state index in [1.807, 2.05) is 0 Å². The van der Waals surface area contributed by atoms with Gasteiger partial charge in [0.05, 0.1) is 17.6 Å². The number of hydrogen-bond donors (Lipinski definition) is 1. The van der Waals surface area contributed by atoms with E-state index in [0.717, 1.165) is 23.4 Å². The second-order valence-corrected chi connectivity index (χ2v) is 6.65. The predicted octanol–water partition coefficient (Wildman–Crippen LogP) is 4.39. The van der Waals surface area contributed by atoms with Gasteiger partial charge in [-0.05, 0) is 53.4 Å². The molecule has 0 bridgehead atoms. The van der Waals surface area contributed by atoms with Crippen molar-refractivity contribution in [1.82, 2.24) is 9.55 Å². The maximum absolute atomic E-state index is 9.46. The van der Waals surface area contributed by atoms with E-state index < -0.39 is 0 Å². The molecule has 4 aromatic rings. The van der Waals surface area contributed by atoms with Crippen LogP contribution >= 0.6 is 0 Å². The van der Waals surface area contributed by atoms with E-state index in [2.05, 4.69) is 73.0 Å². The second kappa shape index (κ2) is 6.34. The van der Waals surface area contributed by atoms with Crippen molar-refractivity contribution in [2.75, 3.05) is 6.61 Å². The molecule has 0 fully saturated rings. The van der Waals surface area contributed by atoms with Crippen molar-refractivity contribution < 1.29 is 5.11 Å². The number of nitrogens with zero attached hydrogens (tertiary/aromatic N) is 2. The lowest BCUT2D eigenvalue weighted by molar-refractivity contribution is 0.295. The third-order valence-electron chi connectivity index (χ3n) is 4.99. The quantitative estimate of drug-likeness (QED) is 0.603. The molecule has 0 aliphatic rings. The summed E-state index contributed by atoms with van der Waals surface area (Å²) in [6.45, 7) is 5.12. The van der Waals surface area contributed by atoms with E-state index >= 15 is 0 Å². The van der Waals surface area contributed by atoms with Crippen molar-refractivity contribution >= 4 is 21.8 Å². The molecular formula is C22H22N2O. The van der Waals surface area contributed by atoms with Crippen LogP contribution < -0.4 is 0 Å². The molecule has 3 heteroatoms. The number of aliphatic hydroxyl groups excluding tert-OH is 1. The number of hydrogen-bond acceptors (Lipinski definition) is 2.